The Hall–Kier alpha value is -2.44. The van der Waals surface area contributed by atoms with Gasteiger partial charge in [0.25, 0.3) is 0 Å². The second-order valence-electron chi connectivity index (χ2n) is 15.0. The number of benzene rings is 2. The molecule has 9 nitrogen and oxygen atoms in total. The van der Waals surface area contributed by atoms with E-state index in [2.05, 4.69) is 39.2 Å². The van der Waals surface area contributed by atoms with Crippen molar-refractivity contribution in [3.05, 3.63) is 60.2 Å². The van der Waals surface area contributed by atoms with Crippen molar-refractivity contribution in [2.45, 2.75) is 109 Å². The number of methoxy groups -OCH3 is 1. The molecule has 0 saturated heterocycles. The summed E-state index contributed by atoms with van der Waals surface area (Å²) in [5.74, 6) is 0.535. The monoisotopic (exact) mass is 664 g/mol. The van der Waals surface area contributed by atoms with Crippen molar-refractivity contribution in [2.75, 3.05) is 26.8 Å². The van der Waals surface area contributed by atoms with Crippen LogP contribution >= 0.6 is 0 Å². The number of aliphatic hydroxyl groups excluding tert-OH is 1. The number of amides is 1. The van der Waals surface area contributed by atoms with E-state index in [4.69, 9.17) is 13.9 Å². The molecule has 0 aromatic heterocycles. The third-order valence-corrected chi connectivity index (χ3v) is 14.6. The molecule has 0 radical (unpaired) electrons. The van der Waals surface area contributed by atoms with Crippen LogP contribution in [0.5, 0.6) is 5.75 Å². The van der Waals surface area contributed by atoms with Crippen LogP contribution in [0.4, 0.5) is 4.79 Å². The van der Waals surface area contributed by atoms with E-state index in [9.17, 15) is 18.3 Å². The van der Waals surface area contributed by atoms with Gasteiger partial charge in [-0.1, -0.05) is 65.0 Å². The number of ether oxygens (including phenoxy) is 2. The van der Waals surface area contributed by atoms with E-state index in [0.717, 1.165) is 5.56 Å². The van der Waals surface area contributed by atoms with E-state index in [-0.39, 0.29) is 29.4 Å². The Morgan fingerprint density at radius 2 is 1.53 bits per heavy atom. The molecule has 2 atom stereocenters. The summed E-state index contributed by atoms with van der Waals surface area (Å²) in [7, 11) is -4.52. The van der Waals surface area contributed by atoms with E-state index in [0.29, 0.717) is 18.8 Å². The number of carbonyl (C=O) groups excluding carboxylic acids is 1. The Balaban J connectivity index is 2.41. The predicted octanol–water partition coefficient (Wildman–Crippen LogP) is 6.62. The molecule has 0 aliphatic carbocycles. The summed E-state index contributed by atoms with van der Waals surface area (Å²) < 4.78 is 46.7. The number of nitrogens with one attached hydrogen (secondary N) is 1. The largest absolute Gasteiger partial charge is 0.497 e. The number of rotatable bonds is 15. The van der Waals surface area contributed by atoms with Crippen LogP contribution in [0.1, 0.15) is 67.4 Å². The zero-order valence-corrected chi connectivity index (χ0v) is 31.0. The molecule has 0 aliphatic rings. The first-order valence-corrected chi connectivity index (χ1v) is 19.9. The minimum Gasteiger partial charge on any atom is -0.497 e. The van der Waals surface area contributed by atoms with Crippen LogP contribution in [0, 0.1) is 5.41 Å². The lowest BCUT2D eigenvalue weighted by molar-refractivity contribution is 0.0389. The fourth-order valence-corrected chi connectivity index (χ4v) is 7.14. The van der Waals surface area contributed by atoms with Crippen LogP contribution in [-0.4, -0.2) is 76.8 Å². The van der Waals surface area contributed by atoms with Gasteiger partial charge in [0.05, 0.1) is 24.2 Å². The molecule has 1 amide bonds. The number of sulfonamides is 1. The fraction of sp³-hybridized carbons (Fsp3) is 0.618. The molecule has 2 aromatic rings. The van der Waals surface area contributed by atoms with Gasteiger partial charge in [-0.25, -0.2) is 13.2 Å². The number of nitrogens with zero attached hydrogens (tertiary/aromatic N) is 1. The summed E-state index contributed by atoms with van der Waals surface area (Å²) in [5.41, 5.74) is -0.355. The van der Waals surface area contributed by atoms with Crippen LogP contribution in [0.2, 0.25) is 18.1 Å². The number of hydrogen-bond donors (Lipinski definition) is 2. The zero-order chi connectivity index (χ0) is 34.3. The average molecular weight is 665 g/mol. The standard InChI is InChI=1S/C34H56N2O7SSi/c1-32(2,3)43-31(38)35-29(23-26-15-13-12-14-16-26)30(37)24-36(44(39,40)28-19-17-27(41-9)18-20-28)25-34(7,8)21-22-42-45(10,11)33(4,5)6/h12-20,29-30,37H,21-25H2,1-11H3,(H,35,38). The Kier molecular flexibility index (Phi) is 13.3. The number of aliphatic hydroxyl groups is 1. The van der Waals surface area contributed by atoms with E-state index in [1.165, 1.54) is 23.5 Å². The van der Waals surface area contributed by atoms with Gasteiger partial charge in [-0.15, -0.1) is 0 Å². The van der Waals surface area contributed by atoms with Crippen molar-refractivity contribution in [2.24, 2.45) is 5.41 Å². The molecule has 2 aromatic carbocycles. The first-order valence-electron chi connectivity index (χ1n) is 15.6. The van der Waals surface area contributed by atoms with Gasteiger partial charge >= 0.3 is 6.09 Å². The van der Waals surface area contributed by atoms with Crippen LogP contribution in [0.3, 0.4) is 0 Å². The molecule has 0 fully saturated rings. The Morgan fingerprint density at radius 1 is 0.956 bits per heavy atom. The zero-order valence-electron chi connectivity index (χ0n) is 29.1. The minimum absolute atomic E-state index is 0.0555. The molecule has 11 heteroatoms. The molecule has 2 rings (SSSR count). The van der Waals surface area contributed by atoms with Gasteiger partial charge in [0.2, 0.25) is 10.0 Å². The first-order chi connectivity index (χ1) is 20.6. The second-order valence-corrected chi connectivity index (χ2v) is 21.8. The summed E-state index contributed by atoms with van der Waals surface area (Å²) >= 11 is 0. The molecule has 0 aliphatic heterocycles. The maximum atomic E-state index is 14.1. The van der Waals surface area contributed by atoms with Gasteiger partial charge in [0.15, 0.2) is 8.32 Å². The van der Waals surface area contributed by atoms with Gasteiger partial charge in [0, 0.05) is 19.7 Å². The lowest BCUT2D eigenvalue weighted by atomic mass is 9.89. The van der Waals surface area contributed by atoms with Gasteiger partial charge in [-0.2, -0.15) is 4.31 Å². The molecular weight excluding hydrogens is 609 g/mol. The third kappa shape index (κ3) is 12.4. The summed E-state index contributed by atoms with van der Waals surface area (Å²) in [4.78, 5) is 12.9. The van der Waals surface area contributed by atoms with Gasteiger partial charge < -0.3 is 24.3 Å². The van der Waals surface area contributed by atoms with E-state index in [1.54, 1.807) is 32.9 Å². The molecule has 2 unspecified atom stereocenters. The maximum Gasteiger partial charge on any atom is 0.407 e. The topological polar surface area (TPSA) is 114 Å². The number of carbonyl (C=O) groups is 1. The predicted molar refractivity (Wildman–Crippen MR) is 183 cm³/mol. The summed E-state index contributed by atoms with van der Waals surface area (Å²) in [5, 5.41) is 14.5. The van der Waals surface area contributed by atoms with Crippen molar-refractivity contribution < 1.29 is 32.2 Å². The van der Waals surface area contributed by atoms with Crippen molar-refractivity contribution in [3.8, 4) is 5.75 Å². The Labute approximate surface area is 272 Å². The van der Waals surface area contributed by atoms with Crippen molar-refractivity contribution >= 4 is 24.4 Å². The highest BCUT2D eigenvalue weighted by molar-refractivity contribution is 7.89. The Morgan fingerprint density at radius 3 is 2.04 bits per heavy atom. The molecule has 0 saturated carbocycles. The summed E-state index contributed by atoms with van der Waals surface area (Å²) in [6.07, 6.45) is -1.03. The highest BCUT2D eigenvalue weighted by atomic mass is 32.2. The lowest BCUT2D eigenvalue weighted by Crippen LogP contribution is -2.52. The molecule has 0 spiro atoms. The van der Waals surface area contributed by atoms with Crippen LogP contribution < -0.4 is 10.1 Å². The highest BCUT2D eigenvalue weighted by Crippen LogP contribution is 2.37. The highest BCUT2D eigenvalue weighted by Gasteiger charge is 2.39. The SMILES string of the molecule is COc1ccc(S(=O)(=O)N(CC(O)C(Cc2ccccc2)NC(=O)OC(C)(C)C)CC(C)(C)CCO[Si](C)(C)C(C)(C)C)cc1. The van der Waals surface area contributed by atoms with Crippen molar-refractivity contribution in [3.63, 3.8) is 0 Å². The van der Waals surface area contributed by atoms with Gasteiger partial charge in [-0.05, 0) is 87.0 Å². The second kappa shape index (κ2) is 15.4. The van der Waals surface area contributed by atoms with E-state index in [1.807, 2.05) is 44.2 Å². The molecule has 254 valence electrons. The Bertz CT molecular complexity index is 1320. The molecule has 2 N–H and O–H groups in total. The summed E-state index contributed by atoms with van der Waals surface area (Å²) in [6, 6.07) is 14.8. The normalized spacial score (nSPS) is 14.6. The molecular formula is C34H56N2O7SSi. The minimum atomic E-state index is -4.05. The van der Waals surface area contributed by atoms with E-state index < -0.39 is 47.6 Å². The van der Waals surface area contributed by atoms with Gasteiger partial charge in [0.1, 0.15) is 11.4 Å². The lowest BCUT2D eigenvalue weighted by Gasteiger charge is -2.38. The fourth-order valence-electron chi connectivity index (χ4n) is 4.45. The quantitative estimate of drug-likeness (QED) is 0.206. The van der Waals surface area contributed by atoms with Gasteiger partial charge in [-0.3, -0.25) is 0 Å². The average Bonchev–Trinajstić information content (AvgIpc) is 2.90. The first kappa shape index (κ1) is 38.7. The van der Waals surface area contributed by atoms with Crippen LogP contribution in [0.25, 0.3) is 0 Å². The smallest absolute Gasteiger partial charge is 0.407 e. The van der Waals surface area contributed by atoms with Crippen molar-refractivity contribution in [1.29, 1.82) is 0 Å². The van der Waals surface area contributed by atoms with Crippen LogP contribution in [-0.2, 0) is 25.6 Å². The maximum absolute atomic E-state index is 14.1. The molecule has 0 heterocycles. The summed E-state index contributed by atoms with van der Waals surface area (Å²) in [6.45, 7) is 20.6. The van der Waals surface area contributed by atoms with Crippen molar-refractivity contribution in [1.82, 2.24) is 9.62 Å². The van der Waals surface area contributed by atoms with Crippen LogP contribution in [0.15, 0.2) is 59.5 Å². The number of alkyl carbamates (subject to hydrolysis) is 1. The van der Waals surface area contributed by atoms with E-state index >= 15 is 0 Å². The number of hydrogen-bond acceptors (Lipinski definition) is 7. The molecule has 45 heavy (non-hydrogen) atoms. The third-order valence-electron chi connectivity index (χ3n) is 8.21. The molecule has 0 bridgehead atoms.